The molecule has 1 aromatic heterocycles. The molecule has 2 aliphatic carbocycles. The Balaban J connectivity index is 1.20. The number of allylic oxidation sites excluding steroid dienone is 2. The van der Waals surface area contributed by atoms with Crippen LogP contribution in [0.3, 0.4) is 0 Å². The fourth-order valence-corrected chi connectivity index (χ4v) is 4.72. The zero-order valence-corrected chi connectivity index (χ0v) is 15.5. The molecule has 1 saturated carbocycles. The zero-order chi connectivity index (χ0) is 18.8. The normalized spacial score (nSPS) is 27.1. The number of fused-ring (bicyclic) bond motifs is 2. The number of rotatable bonds is 5. The zero-order valence-electron chi connectivity index (χ0n) is 15.5. The van der Waals surface area contributed by atoms with Gasteiger partial charge < -0.3 is 14.8 Å². The van der Waals surface area contributed by atoms with Gasteiger partial charge in [0.1, 0.15) is 6.54 Å². The number of pyridine rings is 1. The lowest BCUT2D eigenvalue weighted by atomic mass is 9.90. The van der Waals surface area contributed by atoms with Crippen molar-refractivity contribution in [3.05, 3.63) is 46.9 Å². The van der Waals surface area contributed by atoms with Gasteiger partial charge in [-0.2, -0.15) is 0 Å². The Labute approximate surface area is 159 Å². The third-order valence-electron chi connectivity index (χ3n) is 6.32. The molecular formula is C21H27N3O3. The minimum absolute atomic E-state index is 0.0504. The number of hydrogen-bond acceptors (Lipinski definition) is 3. The van der Waals surface area contributed by atoms with Gasteiger partial charge in [-0.05, 0) is 49.5 Å². The number of likely N-dealkylation sites (tertiary alicyclic amines) is 1. The van der Waals surface area contributed by atoms with Crippen molar-refractivity contribution in [2.24, 2.45) is 23.7 Å². The fraction of sp³-hybridized carbons (Fsp3) is 0.571. The van der Waals surface area contributed by atoms with Crippen LogP contribution >= 0.6 is 0 Å². The molecule has 144 valence electrons. The second kappa shape index (κ2) is 7.71. The predicted octanol–water partition coefficient (Wildman–Crippen LogP) is 1.42. The number of amides is 2. The van der Waals surface area contributed by atoms with Crippen LogP contribution in [0.5, 0.6) is 0 Å². The molecule has 0 unspecified atom stereocenters. The standard InChI is InChI=1S/C21H27N3O3/c25-19(14-24-8-2-1-3-20(24)26)22-13-15-6-9-23(10-7-15)21(27)18-12-16-4-5-17(18)11-16/h1-5,8,15-18H,6-7,9-14H2,(H,22,25)/t16-,17+,18-/m1/s1. The summed E-state index contributed by atoms with van der Waals surface area (Å²) in [6.07, 6.45) is 10.2. The van der Waals surface area contributed by atoms with Crippen molar-refractivity contribution >= 4 is 11.8 Å². The van der Waals surface area contributed by atoms with Crippen LogP contribution in [-0.4, -0.2) is 40.9 Å². The number of piperidine rings is 1. The molecule has 4 rings (SSSR count). The monoisotopic (exact) mass is 369 g/mol. The maximum Gasteiger partial charge on any atom is 0.250 e. The Bertz CT molecular complexity index is 792. The van der Waals surface area contributed by atoms with E-state index in [1.807, 2.05) is 4.90 Å². The summed E-state index contributed by atoms with van der Waals surface area (Å²) < 4.78 is 1.40. The van der Waals surface area contributed by atoms with Crippen LogP contribution in [0.4, 0.5) is 0 Å². The van der Waals surface area contributed by atoms with E-state index in [-0.39, 0.29) is 23.9 Å². The highest BCUT2D eigenvalue weighted by Gasteiger charge is 2.41. The molecule has 2 bridgehead atoms. The first-order chi connectivity index (χ1) is 13.1. The molecule has 0 radical (unpaired) electrons. The summed E-state index contributed by atoms with van der Waals surface area (Å²) in [5.74, 6) is 1.86. The van der Waals surface area contributed by atoms with Gasteiger partial charge in [0, 0.05) is 37.8 Å². The molecule has 6 heteroatoms. The quantitative estimate of drug-likeness (QED) is 0.798. The summed E-state index contributed by atoms with van der Waals surface area (Å²) in [4.78, 5) is 38.6. The third kappa shape index (κ3) is 3.99. The summed E-state index contributed by atoms with van der Waals surface area (Å²) in [7, 11) is 0. The molecule has 1 N–H and O–H groups in total. The van der Waals surface area contributed by atoms with Crippen molar-refractivity contribution in [1.82, 2.24) is 14.8 Å². The minimum atomic E-state index is -0.171. The Morgan fingerprint density at radius 1 is 1.11 bits per heavy atom. The molecule has 1 aromatic rings. The van der Waals surface area contributed by atoms with Gasteiger partial charge in [-0.3, -0.25) is 14.4 Å². The third-order valence-corrected chi connectivity index (χ3v) is 6.32. The van der Waals surface area contributed by atoms with Crippen molar-refractivity contribution in [2.45, 2.75) is 32.2 Å². The molecule has 2 fully saturated rings. The van der Waals surface area contributed by atoms with E-state index in [1.54, 1.807) is 18.3 Å². The van der Waals surface area contributed by atoms with Crippen molar-refractivity contribution in [3.8, 4) is 0 Å². The highest BCUT2D eigenvalue weighted by Crippen LogP contribution is 2.44. The lowest BCUT2D eigenvalue weighted by Crippen LogP contribution is -2.45. The molecule has 2 amide bonds. The molecule has 1 saturated heterocycles. The molecule has 2 heterocycles. The maximum absolute atomic E-state index is 12.8. The number of hydrogen-bond donors (Lipinski definition) is 1. The lowest BCUT2D eigenvalue weighted by molar-refractivity contribution is -0.138. The largest absolute Gasteiger partial charge is 0.354 e. The summed E-state index contributed by atoms with van der Waals surface area (Å²) in [5, 5.41) is 2.94. The van der Waals surface area contributed by atoms with E-state index in [9.17, 15) is 14.4 Å². The number of aromatic nitrogens is 1. The molecule has 1 aliphatic heterocycles. The first-order valence-electron chi connectivity index (χ1n) is 9.99. The van der Waals surface area contributed by atoms with Crippen molar-refractivity contribution < 1.29 is 9.59 Å². The van der Waals surface area contributed by atoms with E-state index < -0.39 is 0 Å². The van der Waals surface area contributed by atoms with E-state index >= 15 is 0 Å². The van der Waals surface area contributed by atoms with Crippen LogP contribution in [0.1, 0.15) is 25.7 Å². The first kappa shape index (κ1) is 18.0. The minimum Gasteiger partial charge on any atom is -0.354 e. The molecule has 0 aromatic carbocycles. The van der Waals surface area contributed by atoms with E-state index in [1.165, 1.54) is 10.6 Å². The average Bonchev–Trinajstić information content (AvgIpc) is 3.32. The van der Waals surface area contributed by atoms with Gasteiger partial charge in [0.25, 0.3) is 5.56 Å². The van der Waals surface area contributed by atoms with E-state index in [2.05, 4.69) is 17.5 Å². The Hall–Kier alpha value is -2.37. The number of carbonyl (C=O) groups excluding carboxylic acids is 2. The second-order valence-corrected chi connectivity index (χ2v) is 8.13. The molecular weight excluding hydrogens is 342 g/mol. The first-order valence-corrected chi connectivity index (χ1v) is 9.99. The van der Waals surface area contributed by atoms with Crippen molar-refractivity contribution in [3.63, 3.8) is 0 Å². The Kier molecular flexibility index (Phi) is 5.14. The highest BCUT2D eigenvalue weighted by atomic mass is 16.2. The van der Waals surface area contributed by atoms with Crippen LogP contribution in [0.2, 0.25) is 0 Å². The number of carbonyl (C=O) groups is 2. The topological polar surface area (TPSA) is 71.4 Å². The van der Waals surface area contributed by atoms with E-state index in [0.717, 1.165) is 38.8 Å². The Morgan fingerprint density at radius 3 is 2.59 bits per heavy atom. The Morgan fingerprint density at radius 2 is 1.93 bits per heavy atom. The van der Waals surface area contributed by atoms with Gasteiger partial charge in [0.15, 0.2) is 0 Å². The van der Waals surface area contributed by atoms with Gasteiger partial charge in [-0.25, -0.2) is 0 Å². The summed E-state index contributed by atoms with van der Waals surface area (Å²) in [5.41, 5.74) is -0.171. The summed E-state index contributed by atoms with van der Waals surface area (Å²) in [6, 6.07) is 4.86. The van der Waals surface area contributed by atoms with Gasteiger partial charge in [-0.15, -0.1) is 0 Å². The van der Waals surface area contributed by atoms with Crippen LogP contribution < -0.4 is 10.9 Å². The number of nitrogens with zero attached hydrogens (tertiary/aromatic N) is 2. The lowest BCUT2D eigenvalue weighted by Gasteiger charge is -2.34. The van der Waals surface area contributed by atoms with E-state index in [4.69, 9.17) is 0 Å². The maximum atomic E-state index is 12.8. The van der Waals surface area contributed by atoms with Crippen LogP contribution in [0, 0.1) is 23.7 Å². The van der Waals surface area contributed by atoms with Gasteiger partial charge >= 0.3 is 0 Å². The number of nitrogens with one attached hydrogen (secondary N) is 1. The van der Waals surface area contributed by atoms with Gasteiger partial charge in [-0.1, -0.05) is 18.2 Å². The van der Waals surface area contributed by atoms with Crippen LogP contribution in [0.15, 0.2) is 41.3 Å². The van der Waals surface area contributed by atoms with Crippen molar-refractivity contribution in [1.29, 1.82) is 0 Å². The fourth-order valence-electron chi connectivity index (χ4n) is 4.72. The highest BCUT2D eigenvalue weighted by molar-refractivity contribution is 5.80. The molecule has 27 heavy (non-hydrogen) atoms. The molecule has 0 spiro atoms. The second-order valence-electron chi connectivity index (χ2n) is 8.13. The van der Waals surface area contributed by atoms with Gasteiger partial charge in [0.2, 0.25) is 11.8 Å². The van der Waals surface area contributed by atoms with E-state index in [0.29, 0.717) is 30.2 Å². The van der Waals surface area contributed by atoms with Crippen molar-refractivity contribution in [2.75, 3.05) is 19.6 Å². The SMILES string of the molecule is O=C(Cn1ccccc1=O)NCC1CCN(C(=O)[C@@H]2C[C@@H]3C=C[C@H]2C3)CC1. The summed E-state index contributed by atoms with van der Waals surface area (Å²) in [6.45, 7) is 2.23. The summed E-state index contributed by atoms with van der Waals surface area (Å²) >= 11 is 0. The van der Waals surface area contributed by atoms with Crippen LogP contribution in [0.25, 0.3) is 0 Å². The molecule has 3 aliphatic rings. The smallest absolute Gasteiger partial charge is 0.250 e. The van der Waals surface area contributed by atoms with Gasteiger partial charge in [0.05, 0.1) is 0 Å². The molecule has 3 atom stereocenters. The molecule has 6 nitrogen and oxygen atoms in total. The van der Waals surface area contributed by atoms with Crippen LogP contribution in [-0.2, 0) is 16.1 Å². The predicted molar refractivity (Wildman–Crippen MR) is 102 cm³/mol. The average molecular weight is 369 g/mol.